The number of nitrogens with zero attached hydrogens (tertiary/aromatic N) is 2. The van der Waals surface area contributed by atoms with Crippen LogP contribution >= 0.6 is 0 Å². The van der Waals surface area contributed by atoms with E-state index in [1.54, 1.807) is 0 Å². The molecule has 0 spiro atoms. The predicted molar refractivity (Wildman–Crippen MR) is 117 cm³/mol. The summed E-state index contributed by atoms with van der Waals surface area (Å²) < 4.78 is 29.6. The summed E-state index contributed by atoms with van der Waals surface area (Å²) in [6.07, 6.45) is 0.590. The molecule has 30 heavy (non-hydrogen) atoms. The van der Waals surface area contributed by atoms with Crippen molar-refractivity contribution in [1.29, 1.82) is 0 Å². The predicted octanol–water partition coefficient (Wildman–Crippen LogP) is 3.30. The van der Waals surface area contributed by atoms with Crippen molar-refractivity contribution in [2.45, 2.75) is 25.9 Å². The van der Waals surface area contributed by atoms with Crippen LogP contribution in [0.1, 0.15) is 17.9 Å². The number of oxazole rings is 1. The van der Waals surface area contributed by atoms with Crippen molar-refractivity contribution < 1.29 is 17.9 Å². The first kappa shape index (κ1) is 20.8. The van der Waals surface area contributed by atoms with Gasteiger partial charge in [-0.05, 0) is 36.6 Å². The van der Waals surface area contributed by atoms with Crippen molar-refractivity contribution in [2.24, 2.45) is 0 Å². The van der Waals surface area contributed by atoms with Crippen molar-refractivity contribution in [3.63, 3.8) is 0 Å². The van der Waals surface area contributed by atoms with Crippen LogP contribution in [-0.2, 0) is 16.4 Å². The Hall–Kier alpha value is -2.48. The van der Waals surface area contributed by atoms with Crippen molar-refractivity contribution in [1.82, 2.24) is 9.88 Å². The van der Waals surface area contributed by atoms with Gasteiger partial charge < -0.3 is 9.52 Å². The van der Waals surface area contributed by atoms with Crippen LogP contribution in [0.3, 0.4) is 0 Å². The molecule has 1 N–H and O–H groups in total. The number of aryl methyl sites for hydroxylation is 1. The lowest BCUT2D eigenvalue weighted by atomic mass is 10.0. The summed E-state index contributed by atoms with van der Waals surface area (Å²) >= 11 is 0. The van der Waals surface area contributed by atoms with E-state index in [4.69, 9.17) is 4.42 Å². The third-order valence-corrected chi connectivity index (χ3v) is 7.35. The smallest absolute Gasteiger partial charge is 0.226 e. The van der Waals surface area contributed by atoms with Gasteiger partial charge in [-0.2, -0.15) is 0 Å². The lowest BCUT2D eigenvalue weighted by Gasteiger charge is -2.26. The van der Waals surface area contributed by atoms with E-state index in [9.17, 15) is 13.5 Å². The molecule has 1 saturated heterocycles. The van der Waals surface area contributed by atoms with E-state index in [1.165, 1.54) is 0 Å². The number of aliphatic hydroxyl groups excluding tert-OH is 1. The van der Waals surface area contributed by atoms with Gasteiger partial charge in [-0.25, -0.2) is 13.4 Å². The highest BCUT2D eigenvalue weighted by atomic mass is 32.2. The van der Waals surface area contributed by atoms with Crippen LogP contribution in [0.25, 0.3) is 22.6 Å². The topological polar surface area (TPSA) is 83.6 Å². The molecular weight excluding hydrogens is 400 g/mol. The van der Waals surface area contributed by atoms with Crippen LogP contribution in [0.5, 0.6) is 0 Å². The van der Waals surface area contributed by atoms with Crippen LogP contribution in [0, 0.1) is 6.92 Å². The van der Waals surface area contributed by atoms with E-state index in [2.05, 4.69) is 17.1 Å². The number of hydrogen-bond acceptors (Lipinski definition) is 6. The van der Waals surface area contributed by atoms with E-state index in [1.807, 2.05) is 54.3 Å². The zero-order valence-corrected chi connectivity index (χ0v) is 17.8. The first-order chi connectivity index (χ1) is 14.4. The van der Waals surface area contributed by atoms with E-state index >= 15 is 0 Å². The first-order valence-corrected chi connectivity index (χ1v) is 11.9. The van der Waals surface area contributed by atoms with Gasteiger partial charge in [0.2, 0.25) is 5.89 Å². The molecule has 0 aliphatic carbocycles. The van der Waals surface area contributed by atoms with Gasteiger partial charge in [-0.1, -0.05) is 42.5 Å². The van der Waals surface area contributed by atoms with Crippen LogP contribution in [-0.4, -0.2) is 54.1 Å². The lowest BCUT2D eigenvalue weighted by molar-refractivity contribution is 0.152. The minimum atomic E-state index is -2.99. The fourth-order valence-corrected chi connectivity index (χ4v) is 5.67. The second-order valence-electron chi connectivity index (χ2n) is 7.72. The Kier molecular flexibility index (Phi) is 6.04. The van der Waals surface area contributed by atoms with E-state index < -0.39 is 9.84 Å². The maximum atomic E-state index is 11.9. The Labute approximate surface area is 177 Å². The van der Waals surface area contributed by atoms with Gasteiger partial charge in [0.1, 0.15) is 5.76 Å². The molecule has 0 amide bonds. The highest BCUT2D eigenvalue weighted by molar-refractivity contribution is 7.91. The summed E-state index contributed by atoms with van der Waals surface area (Å²) in [5.74, 6) is 1.60. The van der Waals surface area contributed by atoms with Crippen LogP contribution < -0.4 is 0 Å². The maximum absolute atomic E-state index is 11.9. The molecule has 0 bridgehead atoms. The number of aromatic nitrogens is 1. The van der Waals surface area contributed by atoms with Gasteiger partial charge in [0.05, 0.1) is 23.8 Å². The molecular formula is C23H26N2O4S. The Morgan fingerprint density at radius 3 is 2.37 bits per heavy atom. The molecule has 158 valence electrons. The SMILES string of the molecule is Cc1oc(-c2ccc(-c3ccccc3)cc2)nc1CN(CCO)[C@H]1CCS(=O)(=O)C1. The fourth-order valence-electron chi connectivity index (χ4n) is 3.91. The molecule has 1 aliphatic heterocycles. The van der Waals surface area contributed by atoms with E-state index in [0.717, 1.165) is 22.4 Å². The second kappa shape index (κ2) is 8.71. The zero-order chi connectivity index (χ0) is 21.1. The Bertz CT molecular complexity index is 1090. The summed E-state index contributed by atoms with van der Waals surface area (Å²) in [5.41, 5.74) is 3.94. The van der Waals surface area contributed by atoms with Gasteiger partial charge >= 0.3 is 0 Å². The monoisotopic (exact) mass is 426 g/mol. The minimum absolute atomic E-state index is 0.0265. The fraction of sp³-hybridized carbons (Fsp3) is 0.348. The highest BCUT2D eigenvalue weighted by Crippen LogP contribution is 2.27. The molecule has 1 aliphatic rings. The number of rotatable bonds is 7. The molecule has 4 rings (SSSR count). The van der Waals surface area contributed by atoms with Crippen molar-refractivity contribution in [2.75, 3.05) is 24.7 Å². The summed E-state index contributed by atoms with van der Waals surface area (Å²) in [4.78, 5) is 6.67. The van der Waals surface area contributed by atoms with Gasteiger partial charge in [0, 0.05) is 24.7 Å². The van der Waals surface area contributed by atoms with Crippen LogP contribution in [0.4, 0.5) is 0 Å². The number of aliphatic hydroxyl groups is 1. The molecule has 1 aromatic heterocycles. The molecule has 1 atom stereocenters. The molecule has 0 saturated carbocycles. The third-order valence-electron chi connectivity index (χ3n) is 5.60. The van der Waals surface area contributed by atoms with Gasteiger partial charge in [-0.15, -0.1) is 0 Å². The molecule has 3 aromatic rings. The third kappa shape index (κ3) is 4.64. The normalized spacial score (nSPS) is 18.2. The second-order valence-corrected chi connectivity index (χ2v) is 9.94. The zero-order valence-electron chi connectivity index (χ0n) is 17.0. The highest BCUT2D eigenvalue weighted by Gasteiger charge is 2.32. The standard InChI is InChI=1S/C23H26N2O4S/c1-17-22(15-25(12-13-26)21-11-14-30(27,28)16-21)24-23(29-17)20-9-7-19(8-10-20)18-5-3-2-4-6-18/h2-10,21,26H,11-16H2,1H3/t21-/m0/s1. The van der Waals surface area contributed by atoms with Gasteiger partial charge in [-0.3, -0.25) is 4.90 Å². The Morgan fingerprint density at radius 1 is 1.07 bits per heavy atom. The van der Waals surface area contributed by atoms with Crippen molar-refractivity contribution in [3.8, 4) is 22.6 Å². The van der Waals surface area contributed by atoms with Gasteiger partial charge in [0.25, 0.3) is 0 Å². The van der Waals surface area contributed by atoms with Gasteiger partial charge in [0.15, 0.2) is 9.84 Å². The summed E-state index contributed by atoms with van der Waals surface area (Å²) in [7, 11) is -2.99. The first-order valence-electron chi connectivity index (χ1n) is 10.1. The summed E-state index contributed by atoms with van der Waals surface area (Å²) in [6.45, 7) is 2.71. The average Bonchev–Trinajstić information content (AvgIpc) is 3.30. The summed E-state index contributed by atoms with van der Waals surface area (Å²) in [5, 5.41) is 9.44. The Morgan fingerprint density at radius 2 is 1.73 bits per heavy atom. The van der Waals surface area contributed by atoms with Crippen LogP contribution in [0.15, 0.2) is 59.0 Å². The van der Waals surface area contributed by atoms with Crippen LogP contribution in [0.2, 0.25) is 0 Å². The Balaban J connectivity index is 1.52. The molecule has 2 aromatic carbocycles. The quantitative estimate of drug-likeness (QED) is 0.624. The largest absolute Gasteiger partial charge is 0.441 e. The number of sulfone groups is 1. The molecule has 2 heterocycles. The van der Waals surface area contributed by atoms with E-state index in [-0.39, 0.29) is 24.2 Å². The van der Waals surface area contributed by atoms with Crippen molar-refractivity contribution >= 4 is 9.84 Å². The molecule has 0 radical (unpaired) electrons. The van der Waals surface area contributed by atoms with E-state index in [0.29, 0.717) is 31.2 Å². The number of hydrogen-bond donors (Lipinski definition) is 1. The maximum Gasteiger partial charge on any atom is 0.226 e. The molecule has 1 fully saturated rings. The minimum Gasteiger partial charge on any atom is -0.441 e. The molecule has 6 nitrogen and oxygen atoms in total. The average molecular weight is 427 g/mol. The molecule has 7 heteroatoms. The lowest BCUT2D eigenvalue weighted by Crippen LogP contribution is -2.38. The number of benzene rings is 2. The molecule has 0 unspecified atom stereocenters. The van der Waals surface area contributed by atoms with Crippen molar-refractivity contribution in [3.05, 3.63) is 66.1 Å². The summed E-state index contributed by atoms with van der Waals surface area (Å²) in [6, 6.07) is 18.2.